The maximum Gasteiger partial charge on any atom is 0.137 e. The first-order valence-electron chi connectivity index (χ1n) is 11.0. The number of likely N-dealkylation sites (N-methyl/N-ethyl adjacent to an activating group) is 1. The average molecular weight is 429 g/mol. The zero-order valence-corrected chi connectivity index (χ0v) is 18.6. The predicted octanol–water partition coefficient (Wildman–Crippen LogP) is 3.60. The van der Waals surface area contributed by atoms with E-state index in [-0.39, 0.29) is 0 Å². The molecule has 0 spiro atoms. The van der Waals surface area contributed by atoms with Crippen molar-refractivity contribution in [2.45, 2.75) is 13.0 Å². The number of hydrogen-bond acceptors (Lipinski definition) is 6. The van der Waals surface area contributed by atoms with Gasteiger partial charge in [0.05, 0.1) is 18.5 Å². The second-order valence-electron chi connectivity index (χ2n) is 8.34. The minimum atomic E-state index is 0.848. The smallest absolute Gasteiger partial charge is 0.137 e. The summed E-state index contributed by atoms with van der Waals surface area (Å²) in [5.41, 5.74) is 6.34. The Kier molecular flexibility index (Phi) is 5.83. The summed E-state index contributed by atoms with van der Waals surface area (Å²) in [7, 11) is 3.89. The van der Waals surface area contributed by atoms with Crippen LogP contribution in [0.1, 0.15) is 12.1 Å². The molecule has 0 aliphatic carbocycles. The number of hydrogen-bond donors (Lipinski definition) is 0. The largest absolute Gasteiger partial charge is 0.497 e. The Bertz CT molecular complexity index is 1190. The van der Waals surface area contributed by atoms with Crippen molar-refractivity contribution in [3.63, 3.8) is 0 Å². The van der Waals surface area contributed by atoms with Crippen molar-refractivity contribution in [1.29, 1.82) is 0 Å². The molecule has 1 aliphatic heterocycles. The van der Waals surface area contributed by atoms with Crippen molar-refractivity contribution in [3.05, 3.63) is 67.0 Å². The summed E-state index contributed by atoms with van der Waals surface area (Å²) in [6.45, 7) is 5.23. The summed E-state index contributed by atoms with van der Waals surface area (Å²) < 4.78 is 7.59. The van der Waals surface area contributed by atoms with Crippen molar-refractivity contribution in [2.75, 3.05) is 40.3 Å². The molecule has 164 valence electrons. The van der Waals surface area contributed by atoms with Crippen LogP contribution in [-0.2, 0) is 6.54 Å². The van der Waals surface area contributed by atoms with Crippen LogP contribution in [0.15, 0.2) is 61.3 Å². The molecule has 1 fully saturated rings. The van der Waals surface area contributed by atoms with E-state index in [1.807, 2.05) is 24.5 Å². The van der Waals surface area contributed by atoms with Gasteiger partial charge in [0, 0.05) is 54.9 Å². The zero-order chi connectivity index (χ0) is 21.9. The maximum absolute atomic E-state index is 5.35. The molecule has 5 rings (SSSR count). The van der Waals surface area contributed by atoms with Crippen molar-refractivity contribution < 1.29 is 4.74 Å². The summed E-state index contributed by atoms with van der Waals surface area (Å²) >= 11 is 0. The summed E-state index contributed by atoms with van der Waals surface area (Å²) in [6.07, 6.45) is 8.59. The number of pyridine rings is 1. The normalized spacial score (nSPS) is 15.7. The highest BCUT2D eigenvalue weighted by Crippen LogP contribution is 2.29. The molecule has 4 heterocycles. The van der Waals surface area contributed by atoms with Gasteiger partial charge in [0.1, 0.15) is 17.7 Å². The first kappa shape index (κ1) is 20.6. The molecule has 0 atom stereocenters. The molecule has 32 heavy (non-hydrogen) atoms. The Morgan fingerprint density at radius 1 is 0.875 bits per heavy atom. The van der Waals surface area contributed by atoms with Crippen LogP contribution in [0.4, 0.5) is 0 Å². The molecule has 1 aliphatic rings. The molecule has 3 aromatic heterocycles. The van der Waals surface area contributed by atoms with Crippen LogP contribution < -0.4 is 4.74 Å². The van der Waals surface area contributed by atoms with Gasteiger partial charge < -0.3 is 14.0 Å². The third-order valence-electron chi connectivity index (χ3n) is 6.16. The number of rotatable bonds is 5. The van der Waals surface area contributed by atoms with E-state index >= 15 is 0 Å². The van der Waals surface area contributed by atoms with E-state index < -0.39 is 0 Å². The third kappa shape index (κ3) is 4.22. The van der Waals surface area contributed by atoms with Gasteiger partial charge in [-0.2, -0.15) is 0 Å². The fourth-order valence-corrected chi connectivity index (χ4v) is 4.31. The van der Waals surface area contributed by atoms with Crippen molar-refractivity contribution >= 4 is 5.65 Å². The number of aromatic nitrogens is 4. The minimum Gasteiger partial charge on any atom is -0.497 e. The lowest BCUT2D eigenvalue weighted by Gasteiger charge is -2.21. The standard InChI is InChI=1S/C25H28N6O/c1-29-10-3-11-30(13-12-29)17-23-25(19-4-7-22(32-2)8-5-19)28-24-9-6-20(16-31(23)24)21-14-26-18-27-15-21/h4-9,14-16,18H,3,10-13,17H2,1-2H3. The highest BCUT2D eigenvalue weighted by Gasteiger charge is 2.20. The molecule has 1 saturated heterocycles. The topological polar surface area (TPSA) is 58.8 Å². The Balaban J connectivity index is 1.59. The molecular formula is C25H28N6O. The lowest BCUT2D eigenvalue weighted by molar-refractivity contribution is 0.266. The first-order valence-corrected chi connectivity index (χ1v) is 11.0. The number of benzene rings is 1. The van der Waals surface area contributed by atoms with Gasteiger partial charge in [-0.05, 0) is 63.0 Å². The second kappa shape index (κ2) is 9.06. The molecule has 0 bridgehead atoms. The van der Waals surface area contributed by atoms with E-state index in [4.69, 9.17) is 9.72 Å². The van der Waals surface area contributed by atoms with Gasteiger partial charge in [-0.1, -0.05) is 0 Å². The second-order valence-corrected chi connectivity index (χ2v) is 8.34. The average Bonchev–Trinajstić information content (AvgIpc) is 3.06. The van der Waals surface area contributed by atoms with Crippen molar-refractivity contribution in [2.24, 2.45) is 0 Å². The predicted molar refractivity (Wildman–Crippen MR) is 126 cm³/mol. The molecule has 0 unspecified atom stereocenters. The molecule has 0 amide bonds. The Morgan fingerprint density at radius 2 is 1.66 bits per heavy atom. The number of imidazole rings is 1. The summed E-state index contributed by atoms with van der Waals surface area (Å²) in [5, 5.41) is 0. The number of nitrogens with zero attached hydrogens (tertiary/aromatic N) is 6. The van der Waals surface area contributed by atoms with Crippen LogP contribution >= 0.6 is 0 Å². The van der Waals surface area contributed by atoms with Crippen molar-refractivity contribution in [3.8, 4) is 28.1 Å². The minimum absolute atomic E-state index is 0.848. The Morgan fingerprint density at radius 3 is 2.44 bits per heavy atom. The van der Waals surface area contributed by atoms with E-state index in [2.05, 4.69) is 61.7 Å². The zero-order valence-electron chi connectivity index (χ0n) is 18.6. The lowest BCUT2D eigenvalue weighted by atomic mass is 10.1. The maximum atomic E-state index is 5.35. The van der Waals surface area contributed by atoms with E-state index in [1.54, 1.807) is 13.4 Å². The van der Waals surface area contributed by atoms with Crippen molar-refractivity contribution in [1.82, 2.24) is 29.2 Å². The van der Waals surface area contributed by atoms with Gasteiger partial charge in [-0.3, -0.25) is 4.90 Å². The van der Waals surface area contributed by atoms with E-state index in [9.17, 15) is 0 Å². The van der Waals surface area contributed by atoms with Gasteiger partial charge in [-0.15, -0.1) is 0 Å². The molecule has 7 nitrogen and oxygen atoms in total. The van der Waals surface area contributed by atoms with Gasteiger partial charge in [0.15, 0.2) is 0 Å². The third-order valence-corrected chi connectivity index (χ3v) is 6.16. The first-order chi connectivity index (χ1) is 15.7. The summed E-state index contributed by atoms with van der Waals surface area (Å²) in [5.74, 6) is 0.848. The monoisotopic (exact) mass is 428 g/mol. The van der Waals surface area contributed by atoms with E-state index in [0.29, 0.717) is 0 Å². The highest BCUT2D eigenvalue weighted by atomic mass is 16.5. The van der Waals surface area contributed by atoms with Crippen LogP contribution in [0.2, 0.25) is 0 Å². The SMILES string of the molecule is COc1ccc(-c2nc3ccc(-c4cncnc4)cn3c2CN2CCCN(C)CC2)cc1. The van der Waals surface area contributed by atoms with Gasteiger partial charge in [0.2, 0.25) is 0 Å². The number of fused-ring (bicyclic) bond motifs is 1. The van der Waals surface area contributed by atoms with Crippen LogP contribution in [0.5, 0.6) is 5.75 Å². The molecule has 0 saturated carbocycles. The highest BCUT2D eigenvalue weighted by molar-refractivity contribution is 5.70. The molecule has 0 N–H and O–H groups in total. The molecule has 4 aromatic rings. The fourth-order valence-electron chi connectivity index (χ4n) is 4.31. The van der Waals surface area contributed by atoms with Crippen LogP contribution in [0.25, 0.3) is 28.0 Å². The van der Waals surface area contributed by atoms with Gasteiger partial charge >= 0.3 is 0 Å². The van der Waals surface area contributed by atoms with E-state index in [1.165, 1.54) is 12.1 Å². The lowest BCUT2D eigenvalue weighted by Crippen LogP contribution is -2.29. The van der Waals surface area contributed by atoms with Crippen LogP contribution in [0.3, 0.4) is 0 Å². The fraction of sp³-hybridized carbons (Fsp3) is 0.320. The van der Waals surface area contributed by atoms with Gasteiger partial charge in [-0.25, -0.2) is 15.0 Å². The molecule has 0 radical (unpaired) electrons. The number of ether oxygens (including phenoxy) is 1. The van der Waals surface area contributed by atoms with Gasteiger partial charge in [0.25, 0.3) is 0 Å². The van der Waals surface area contributed by atoms with Crippen LogP contribution in [0, 0.1) is 0 Å². The Labute approximate surface area is 188 Å². The molecule has 7 heteroatoms. The summed E-state index contributed by atoms with van der Waals surface area (Å²) in [4.78, 5) is 18.3. The number of methoxy groups -OCH3 is 1. The molecular weight excluding hydrogens is 400 g/mol. The summed E-state index contributed by atoms with van der Waals surface area (Å²) in [6, 6.07) is 12.3. The Hall–Kier alpha value is -3.29. The van der Waals surface area contributed by atoms with E-state index in [0.717, 1.165) is 66.5 Å². The quantitative estimate of drug-likeness (QED) is 0.484. The molecule has 1 aromatic carbocycles. The van der Waals surface area contributed by atoms with Crippen LogP contribution in [-0.4, -0.2) is 69.5 Å².